The molecule has 1 N–H and O–H groups in total. The zero-order valence-corrected chi connectivity index (χ0v) is 14.5. The first-order valence-electron chi connectivity index (χ1n) is 7.06. The van der Waals surface area contributed by atoms with E-state index in [1.54, 1.807) is 20.8 Å². The molecule has 0 bridgehead atoms. The average molecular weight is 318 g/mol. The summed E-state index contributed by atoms with van der Waals surface area (Å²) in [4.78, 5) is 25.5. The van der Waals surface area contributed by atoms with Gasteiger partial charge in [-0.25, -0.2) is 8.42 Å². The third kappa shape index (κ3) is 4.18. The quantitative estimate of drug-likeness (QED) is 0.825. The van der Waals surface area contributed by atoms with E-state index in [9.17, 15) is 18.0 Å². The van der Waals surface area contributed by atoms with Crippen LogP contribution in [0.3, 0.4) is 0 Å². The minimum atomic E-state index is -3.32. The van der Waals surface area contributed by atoms with Crippen molar-refractivity contribution in [2.24, 2.45) is 5.41 Å². The van der Waals surface area contributed by atoms with Crippen LogP contribution in [0.1, 0.15) is 41.5 Å². The van der Waals surface area contributed by atoms with Crippen molar-refractivity contribution >= 4 is 21.7 Å². The number of amides is 2. The zero-order chi connectivity index (χ0) is 16.6. The van der Waals surface area contributed by atoms with E-state index >= 15 is 0 Å². The van der Waals surface area contributed by atoms with Crippen LogP contribution in [0.2, 0.25) is 0 Å². The van der Waals surface area contributed by atoms with Crippen molar-refractivity contribution in [1.82, 2.24) is 10.2 Å². The van der Waals surface area contributed by atoms with Gasteiger partial charge in [0.25, 0.3) is 0 Å². The van der Waals surface area contributed by atoms with Crippen molar-refractivity contribution in [3.8, 4) is 0 Å². The summed E-state index contributed by atoms with van der Waals surface area (Å²) in [5.41, 5.74) is -0.408. The molecule has 1 unspecified atom stereocenters. The van der Waals surface area contributed by atoms with Crippen molar-refractivity contribution in [1.29, 1.82) is 0 Å². The maximum atomic E-state index is 12.4. The van der Waals surface area contributed by atoms with Crippen molar-refractivity contribution in [2.75, 3.05) is 18.8 Å². The molecule has 0 aromatic heterocycles. The Morgan fingerprint density at radius 3 is 2.10 bits per heavy atom. The van der Waals surface area contributed by atoms with Gasteiger partial charge in [-0.2, -0.15) is 0 Å². The Morgan fingerprint density at radius 2 is 1.67 bits per heavy atom. The first kappa shape index (κ1) is 17.9. The zero-order valence-electron chi connectivity index (χ0n) is 13.7. The van der Waals surface area contributed by atoms with E-state index in [1.165, 1.54) is 4.90 Å². The standard InChI is InChI=1S/C14H26N2O4S/c1-13(2,3)11-12(18)16(9-10(17)15-11)7-8-21(19,20)14(4,5)6/h11H,7-9H2,1-6H3,(H,15,17). The average Bonchev–Trinajstić information content (AvgIpc) is 2.27. The first-order chi connectivity index (χ1) is 9.25. The van der Waals surface area contributed by atoms with Crippen molar-refractivity contribution < 1.29 is 18.0 Å². The molecule has 0 spiro atoms. The minimum absolute atomic E-state index is 0.0540. The van der Waals surface area contributed by atoms with Gasteiger partial charge in [0.2, 0.25) is 11.8 Å². The van der Waals surface area contributed by atoms with Crippen molar-refractivity contribution in [3.05, 3.63) is 0 Å². The lowest BCUT2D eigenvalue weighted by molar-refractivity contribution is -0.147. The lowest BCUT2D eigenvalue weighted by atomic mass is 9.85. The molecule has 1 atom stereocenters. The predicted octanol–water partition coefficient (Wildman–Crippen LogP) is 0.573. The Bertz CT molecular complexity index is 526. The fourth-order valence-corrected chi connectivity index (χ4v) is 3.09. The van der Waals surface area contributed by atoms with E-state index < -0.39 is 26.0 Å². The van der Waals surface area contributed by atoms with Crippen LogP contribution in [0.15, 0.2) is 0 Å². The van der Waals surface area contributed by atoms with E-state index in [2.05, 4.69) is 5.32 Å². The molecule has 1 heterocycles. The van der Waals surface area contributed by atoms with Gasteiger partial charge in [-0.3, -0.25) is 9.59 Å². The van der Waals surface area contributed by atoms with Crippen LogP contribution in [0.4, 0.5) is 0 Å². The first-order valence-corrected chi connectivity index (χ1v) is 8.71. The van der Waals surface area contributed by atoms with E-state index in [1.807, 2.05) is 20.8 Å². The van der Waals surface area contributed by atoms with Gasteiger partial charge in [-0.15, -0.1) is 0 Å². The topological polar surface area (TPSA) is 83.6 Å². The highest BCUT2D eigenvalue weighted by molar-refractivity contribution is 7.92. The highest BCUT2D eigenvalue weighted by Crippen LogP contribution is 2.23. The van der Waals surface area contributed by atoms with Gasteiger partial charge in [-0.05, 0) is 26.2 Å². The lowest BCUT2D eigenvalue weighted by Crippen LogP contribution is -2.62. The SMILES string of the molecule is CC(C)(C)C1NC(=O)CN(CCS(=O)(=O)C(C)(C)C)C1=O. The minimum Gasteiger partial charge on any atom is -0.342 e. The summed E-state index contributed by atoms with van der Waals surface area (Å²) in [5.74, 6) is -0.597. The number of carbonyl (C=O) groups is 2. The molecule has 122 valence electrons. The molecule has 1 fully saturated rings. The number of rotatable bonds is 3. The molecule has 0 saturated carbocycles. The number of nitrogens with zero attached hydrogens (tertiary/aromatic N) is 1. The predicted molar refractivity (Wildman–Crippen MR) is 81.5 cm³/mol. The summed E-state index contributed by atoms with van der Waals surface area (Å²) in [5, 5.41) is 2.68. The van der Waals surface area contributed by atoms with E-state index in [0.717, 1.165) is 0 Å². The second kappa shape index (κ2) is 5.59. The van der Waals surface area contributed by atoms with Crippen LogP contribution >= 0.6 is 0 Å². The molecule has 6 nitrogen and oxygen atoms in total. The molecule has 1 rings (SSSR count). The number of hydrogen-bond donors (Lipinski definition) is 1. The molecule has 7 heteroatoms. The Hall–Kier alpha value is -1.11. The molecule has 21 heavy (non-hydrogen) atoms. The molecule has 0 radical (unpaired) electrons. The van der Waals surface area contributed by atoms with Gasteiger partial charge in [-0.1, -0.05) is 20.8 Å². The summed E-state index contributed by atoms with van der Waals surface area (Å²) in [6, 6.07) is -0.615. The van der Waals surface area contributed by atoms with Crippen LogP contribution in [0.5, 0.6) is 0 Å². The van der Waals surface area contributed by atoms with E-state index in [0.29, 0.717) is 0 Å². The highest BCUT2D eigenvalue weighted by Gasteiger charge is 2.40. The molecule has 2 amide bonds. The van der Waals surface area contributed by atoms with Crippen molar-refractivity contribution in [2.45, 2.75) is 52.3 Å². The maximum Gasteiger partial charge on any atom is 0.246 e. The van der Waals surface area contributed by atoms with Gasteiger partial charge in [0, 0.05) is 6.54 Å². The number of sulfone groups is 1. The van der Waals surface area contributed by atoms with Crippen LogP contribution in [0.25, 0.3) is 0 Å². The Labute approximate surface area is 127 Å². The van der Waals surface area contributed by atoms with Crippen LogP contribution in [0, 0.1) is 5.41 Å². The smallest absolute Gasteiger partial charge is 0.246 e. The molecular weight excluding hydrogens is 292 g/mol. The van der Waals surface area contributed by atoms with Crippen molar-refractivity contribution in [3.63, 3.8) is 0 Å². The van der Waals surface area contributed by atoms with Crippen LogP contribution in [-0.4, -0.2) is 54.8 Å². The van der Waals surface area contributed by atoms with Gasteiger partial charge in [0.05, 0.1) is 17.0 Å². The Balaban J connectivity index is 2.84. The summed E-state index contributed by atoms with van der Waals surface area (Å²) < 4.78 is 23.4. The molecule has 1 aliphatic rings. The summed E-state index contributed by atoms with van der Waals surface area (Å²) in [7, 11) is -3.32. The molecular formula is C14H26N2O4S. The van der Waals surface area contributed by atoms with Gasteiger partial charge in [0.1, 0.15) is 6.04 Å². The Kier molecular flexibility index (Phi) is 4.77. The molecule has 0 aliphatic carbocycles. The number of hydrogen-bond acceptors (Lipinski definition) is 4. The van der Waals surface area contributed by atoms with Gasteiger partial charge >= 0.3 is 0 Å². The maximum absolute atomic E-state index is 12.4. The fraction of sp³-hybridized carbons (Fsp3) is 0.857. The fourth-order valence-electron chi connectivity index (χ4n) is 2.01. The van der Waals surface area contributed by atoms with Crippen LogP contribution in [-0.2, 0) is 19.4 Å². The molecule has 1 aliphatic heterocycles. The molecule has 1 saturated heterocycles. The summed E-state index contributed by atoms with van der Waals surface area (Å²) in [6.45, 7) is 10.5. The van der Waals surface area contributed by atoms with Gasteiger partial charge in [0.15, 0.2) is 9.84 Å². The second-order valence-corrected chi connectivity index (χ2v) is 10.4. The Morgan fingerprint density at radius 1 is 1.14 bits per heavy atom. The molecule has 0 aromatic rings. The lowest BCUT2D eigenvalue weighted by Gasteiger charge is -2.39. The van der Waals surface area contributed by atoms with Gasteiger partial charge < -0.3 is 10.2 Å². The number of piperazine rings is 1. The monoisotopic (exact) mass is 318 g/mol. The number of carbonyl (C=O) groups excluding carboxylic acids is 2. The molecule has 0 aromatic carbocycles. The largest absolute Gasteiger partial charge is 0.342 e. The third-order valence-electron chi connectivity index (χ3n) is 3.63. The number of nitrogens with one attached hydrogen (secondary N) is 1. The van der Waals surface area contributed by atoms with E-state index in [-0.39, 0.29) is 30.7 Å². The van der Waals surface area contributed by atoms with Crippen LogP contribution < -0.4 is 5.32 Å². The highest BCUT2D eigenvalue weighted by atomic mass is 32.2. The third-order valence-corrected chi connectivity index (χ3v) is 6.21. The summed E-state index contributed by atoms with van der Waals surface area (Å²) >= 11 is 0. The summed E-state index contributed by atoms with van der Waals surface area (Å²) in [6.07, 6.45) is 0. The normalized spacial score (nSPS) is 21.4. The van der Waals surface area contributed by atoms with E-state index in [4.69, 9.17) is 0 Å². The second-order valence-electron chi connectivity index (χ2n) is 7.56.